The van der Waals surface area contributed by atoms with Gasteiger partial charge in [0.25, 0.3) is 0 Å². The minimum Gasteiger partial charge on any atom is -0.312 e. The van der Waals surface area contributed by atoms with E-state index in [9.17, 15) is 4.79 Å². The molecule has 0 unspecified atom stereocenters. The van der Waals surface area contributed by atoms with Crippen LogP contribution < -0.4 is 10.6 Å². The largest absolute Gasteiger partial charge is 0.312 e. The minimum atomic E-state index is -0.0118. The Balaban J connectivity index is 1.77. The van der Waals surface area contributed by atoms with E-state index >= 15 is 0 Å². The van der Waals surface area contributed by atoms with Crippen LogP contribution in [0.2, 0.25) is 0 Å². The van der Waals surface area contributed by atoms with Crippen molar-refractivity contribution >= 4 is 34.3 Å². The van der Waals surface area contributed by atoms with Crippen molar-refractivity contribution in [3.63, 3.8) is 0 Å². The summed E-state index contributed by atoms with van der Waals surface area (Å²) in [4.78, 5) is 18.4. The Morgan fingerprint density at radius 3 is 3.25 bits per heavy atom. The molecule has 0 saturated carbocycles. The van der Waals surface area contributed by atoms with Crippen molar-refractivity contribution < 1.29 is 4.79 Å². The Morgan fingerprint density at radius 1 is 1.65 bits per heavy atom. The lowest BCUT2D eigenvalue weighted by atomic mass is 10.2. The summed E-state index contributed by atoms with van der Waals surface area (Å²) >= 11 is 2.87. The quantitative estimate of drug-likeness (QED) is 0.771. The van der Waals surface area contributed by atoms with Crippen LogP contribution in [0.15, 0.2) is 5.16 Å². The van der Waals surface area contributed by atoms with Gasteiger partial charge in [-0.2, -0.15) is 9.36 Å². The number of carbonyl (C=O) groups is 1. The minimum absolute atomic E-state index is 0.0118. The molecule has 1 saturated heterocycles. The Hall–Kier alpha value is -0.700. The summed E-state index contributed by atoms with van der Waals surface area (Å²) in [5, 5.41) is 7.54. The maximum Gasteiger partial charge on any atom is 0.240 e. The normalized spacial score (nSPS) is 20.0. The maximum atomic E-state index is 12.0. The first-order valence-corrected chi connectivity index (χ1v) is 8.65. The summed E-state index contributed by atoms with van der Waals surface area (Å²) in [6, 6.07) is 0.440. The van der Waals surface area contributed by atoms with E-state index in [2.05, 4.69) is 38.7 Å². The topological polar surface area (TPSA) is 70.2 Å². The van der Waals surface area contributed by atoms with Crippen molar-refractivity contribution in [3.05, 3.63) is 0 Å². The molecule has 0 radical (unpaired) electrons. The van der Waals surface area contributed by atoms with Gasteiger partial charge in [0.15, 0.2) is 0 Å². The number of thioether (sulfide) groups is 1. The monoisotopic (exact) mass is 315 g/mol. The van der Waals surface area contributed by atoms with Gasteiger partial charge in [-0.1, -0.05) is 18.7 Å². The highest BCUT2D eigenvalue weighted by atomic mass is 32.2. The lowest BCUT2D eigenvalue weighted by Crippen LogP contribution is -2.51. The molecule has 0 aliphatic carbocycles. The first-order valence-electron chi connectivity index (χ1n) is 6.89. The fourth-order valence-electron chi connectivity index (χ4n) is 2.03. The molecular weight excluding hydrogens is 294 g/mol. The molecule has 1 aromatic heterocycles. The van der Waals surface area contributed by atoms with E-state index in [1.807, 2.05) is 0 Å². The van der Waals surface area contributed by atoms with Crippen LogP contribution >= 0.6 is 23.3 Å². The van der Waals surface area contributed by atoms with Crippen LogP contribution in [-0.2, 0) is 4.79 Å². The number of amides is 1. The first kappa shape index (κ1) is 15.7. The van der Waals surface area contributed by atoms with E-state index in [-0.39, 0.29) is 5.91 Å². The molecule has 2 N–H and O–H groups in total. The third kappa shape index (κ3) is 5.01. The van der Waals surface area contributed by atoms with Gasteiger partial charge in [0.2, 0.25) is 16.2 Å². The summed E-state index contributed by atoms with van der Waals surface area (Å²) in [6.07, 6.45) is 1.09. The molecule has 0 spiro atoms. The van der Waals surface area contributed by atoms with Crippen LogP contribution in [0, 0.1) is 0 Å². The van der Waals surface area contributed by atoms with Crippen LogP contribution in [0.4, 0.5) is 5.13 Å². The maximum absolute atomic E-state index is 12.0. The molecule has 8 heteroatoms. The number of rotatable bonds is 6. The zero-order valence-electron chi connectivity index (χ0n) is 11.9. The van der Waals surface area contributed by atoms with Crippen LogP contribution in [0.25, 0.3) is 0 Å². The average molecular weight is 315 g/mol. The molecule has 1 atom stereocenters. The van der Waals surface area contributed by atoms with Gasteiger partial charge >= 0.3 is 0 Å². The highest BCUT2D eigenvalue weighted by Crippen LogP contribution is 2.20. The number of hydrogen-bond donors (Lipinski definition) is 2. The lowest BCUT2D eigenvalue weighted by molar-refractivity contribution is -0.117. The molecule has 2 heterocycles. The van der Waals surface area contributed by atoms with E-state index in [0.717, 1.165) is 37.0 Å². The number of hydrogen-bond acceptors (Lipinski definition) is 7. The molecule has 0 aromatic carbocycles. The second kappa shape index (κ2) is 7.92. The van der Waals surface area contributed by atoms with E-state index < -0.39 is 0 Å². The molecule has 20 heavy (non-hydrogen) atoms. The predicted molar refractivity (Wildman–Crippen MR) is 83.5 cm³/mol. The van der Waals surface area contributed by atoms with E-state index in [0.29, 0.717) is 17.7 Å². The summed E-state index contributed by atoms with van der Waals surface area (Å²) in [5.74, 6) is 0.991. The highest BCUT2D eigenvalue weighted by molar-refractivity contribution is 7.99. The summed E-state index contributed by atoms with van der Waals surface area (Å²) in [5.41, 5.74) is 0. The SMILES string of the molecule is CCCSc1nsc(NC(=O)CN2CCN[C@H](C)C2)n1. The van der Waals surface area contributed by atoms with Crippen LogP contribution in [0.3, 0.4) is 0 Å². The van der Waals surface area contributed by atoms with Gasteiger partial charge in [-0.3, -0.25) is 15.0 Å². The number of nitrogens with zero attached hydrogens (tertiary/aromatic N) is 3. The zero-order valence-corrected chi connectivity index (χ0v) is 13.5. The van der Waals surface area contributed by atoms with Gasteiger partial charge in [0.1, 0.15) is 0 Å². The molecule has 2 rings (SSSR count). The molecule has 1 amide bonds. The second-order valence-corrected chi connectivity index (χ2v) is 6.68. The molecular formula is C12H21N5OS2. The average Bonchev–Trinajstić information content (AvgIpc) is 2.83. The van der Waals surface area contributed by atoms with Crippen LogP contribution in [-0.4, -0.2) is 58.1 Å². The molecule has 112 valence electrons. The van der Waals surface area contributed by atoms with Crippen molar-refractivity contribution in [3.8, 4) is 0 Å². The van der Waals surface area contributed by atoms with Crippen molar-refractivity contribution in [1.82, 2.24) is 19.6 Å². The Morgan fingerprint density at radius 2 is 2.50 bits per heavy atom. The lowest BCUT2D eigenvalue weighted by Gasteiger charge is -2.30. The van der Waals surface area contributed by atoms with Gasteiger partial charge in [-0.15, -0.1) is 0 Å². The van der Waals surface area contributed by atoms with Gasteiger partial charge in [-0.25, -0.2) is 0 Å². The van der Waals surface area contributed by atoms with Gasteiger partial charge < -0.3 is 5.32 Å². The second-order valence-electron chi connectivity index (χ2n) is 4.87. The third-order valence-electron chi connectivity index (χ3n) is 2.91. The van der Waals surface area contributed by atoms with Crippen molar-refractivity contribution in [2.24, 2.45) is 0 Å². The van der Waals surface area contributed by atoms with Gasteiger partial charge in [0.05, 0.1) is 6.54 Å². The predicted octanol–water partition coefficient (Wildman–Crippen LogP) is 1.27. The Kier molecular flexibility index (Phi) is 6.21. The standard InChI is InChI=1S/C12H21N5OS2/c1-3-6-19-12-15-11(20-16-12)14-10(18)8-17-5-4-13-9(2)7-17/h9,13H,3-8H2,1-2H3,(H,14,15,16,18)/t9-/m1/s1. The molecule has 1 aliphatic heterocycles. The molecule has 0 bridgehead atoms. The number of piperazine rings is 1. The van der Waals surface area contributed by atoms with Crippen molar-refractivity contribution in [2.45, 2.75) is 31.5 Å². The fraction of sp³-hybridized carbons (Fsp3) is 0.750. The first-order chi connectivity index (χ1) is 9.67. The van der Waals surface area contributed by atoms with Crippen molar-refractivity contribution in [1.29, 1.82) is 0 Å². The van der Waals surface area contributed by atoms with E-state index in [1.54, 1.807) is 11.8 Å². The van der Waals surface area contributed by atoms with Crippen LogP contribution in [0.1, 0.15) is 20.3 Å². The van der Waals surface area contributed by atoms with Gasteiger partial charge in [0, 0.05) is 43.0 Å². The molecule has 6 nitrogen and oxygen atoms in total. The van der Waals surface area contributed by atoms with E-state index in [4.69, 9.17) is 0 Å². The summed E-state index contributed by atoms with van der Waals surface area (Å²) in [7, 11) is 0. The zero-order chi connectivity index (χ0) is 14.4. The fourth-order valence-corrected chi connectivity index (χ4v) is 3.45. The Bertz CT molecular complexity index is 439. The van der Waals surface area contributed by atoms with E-state index in [1.165, 1.54) is 11.5 Å². The number of anilines is 1. The number of aromatic nitrogens is 2. The molecule has 1 fully saturated rings. The number of nitrogens with one attached hydrogen (secondary N) is 2. The summed E-state index contributed by atoms with van der Waals surface area (Å²) in [6.45, 7) is 7.42. The van der Waals surface area contributed by atoms with Gasteiger partial charge in [-0.05, 0) is 13.3 Å². The van der Waals surface area contributed by atoms with Crippen molar-refractivity contribution in [2.75, 3.05) is 37.2 Å². The number of carbonyl (C=O) groups excluding carboxylic acids is 1. The Labute approximate surface area is 127 Å². The smallest absolute Gasteiger partial charge is 0.240 e. The molecule has 1 aromatic rings. The summed E-state index contributed by atoms with van der Waals surface area (Å²) < 4.78 is 4.22. The third-order valence-corrected chi connectivity index (χ3v) is 4.71. The highest BCUT2D eigenvalue weighted by Gasteiger charge is 2.18. The molecule has 1 aliphatic rings. The van der Waals surface area contributed by atoms with Crippen LogP contribution in [0.5, 0.6) is 0 Å².